The lowest BCUT2D eigenvalue weighted by atomic mass is 9.99. The van der Waals surface area contributed by atoms with Crippen molar-refractivity contribution in [3.05, 3.63) is 65.6 Å². The van der Waals surface area contributed by atoms with E-state index >= 15 is 0 Å². The fourth-order valence-electron chi connectivity index (χ4n) is 3.31. The molecule has 0 fully saturated rings. The van der Waals surface area contributed by atoms with Gasteiger partial charge in [-0.15, -0.1) is 5.10 Å². The number of rotatable bonds is 4. The van der Waals surface area contributed by atoms with Crippen molar-refractivity contribution in [2.24, 2.45) is 5.73 Å². The van der Waals surface area contributed by atoms with E-state index in [1.807, 2.05) is 61.5 Å². The van der Waals surface area contributed by atoms with E-state index in [0.29, 0.717) is 28.7 Å². The second-order valence-corrected chi connectivity index (χ2v) is 6.83. The number of nitrogens with two attached hydrogens (primary N) is 1. The summed E-state index contributed by atoms with van der Waals surface area (Å²) in [6.07, 6.45) is 1.68. The van der Waals surface area contributed by atoms with Crippen LogP contribution in [0.5, 0.6) is 0 Å². The summed E-state index contributed by atoms with van der Waals surface area (Å²) >= 11 is 0. The number of carbonyl (C=O) groups excluding carboxylic acids is 1. The molecule has 1 aliphatic rings. The molecule has 28 heavy (non-hydrogen) atoms. The van der Waals surface area contributed by atoms with E-state index < -0.39 is 11.9 Å². The summed E-state index contributed by atoms with van der Waals surface area (Å²) in [6, 6.07) is 13.0. The third kappa shape index (κ3) is 2.98. The minimum atomic E-state index is -0.530. The second-order valence-electron chi connectivity index (χ2n) is 6.83. The number of fused-ring (bicyclic) bond motifs is 1. The Morgan fingerprint density at radius 1 is 1.18 bits per heavy atom. The number of benzene rings is 1. The van der Waals surface area contributed by atoms with Gasteiger partial charge in [-0.1, -0.05) is 6.07 Å². The highest BCUT2D eigenvalue weighted by atomic mass is 16.1. The van der Waals surface area contributed by atoms with Crippen molar-refractivity contribution in [2.45, 2.75) is 13.0 Å². The zero-order chi connectivity index (χ0) is 19.8. The molecule has 2 aromatic heterocycles. The molecule has 0 spiro atoms. The highest BCUT2D eigenvalue weighted by molar-refractivity contribution is 5.95. The zero-order valence-electron chi connectivity index (χ0n) is 15.9. The highest BCUT2D eigenvalue weighted by Gasteiger charge is 2.34. The molecule has 8 nitrogen and oxygen atoms in total. The van der Waals surface area contributed by atoms with Gasteiger partial charge in [-0.3, -0.25) is 9.78 Å². The predicted octanol–water partition coefficient (Wildman–Crippen LogP) is 2.18. The van der Waals surface area contributed by atoms with Gasteiger partial charge < -0.3 is 16.0 Å². The third-order valence-corrected chi connectivity index (χ3v) is 4.73. The van der Waals surface area contributed by atoms with E-state index in [2.05, 4.69) is 20.4 Å². The van der Waals surface area contributed by atoms with Gasteiger partial charge in [0.25, 0.3) is 0 Å². The van der Waals surface area contributed by atoms with Crippen LogP contribution in [0.1, 0.15) is 18.7 Å². The number of allylic oxidation sites excluding steroid dienone is 1. The van der Waals surface area contributed by atoms with Gasteiger partial charge in [-0.2, -0.15) is 4.98 Å². The Bertz CT molecular complexity index is 1050. The molecule has 3 N–H and O–H groups in total. The van der Waals surface area contributed by atoms with Crippen LogP contribution in [0.25, 0.3) is 11.4 Å². The number of primary amides is 1. The summed E-state index contributed by atoms with van der Waals surface area (Å²) < 4.78 is 1.67. The van der Waals surface area contributed by atoms with Gasteiger partial charge in [0.05, 0.1) is 11.3 Å². The lowest BCUT2D eigenvalue weighted by molar-refractivity contribution is -0.115. The highest BCUT2D eigenvalue weighted by Crippen LogP contribution is 2.35. The summed E-state index contributed by atoms with van der Waals surface area (Å²) in [7, 11) is 3.98. The molecule has 0 aliphatic carbocycles. The predicted molar refractivity (Wildman–Crippen MR) is 108 cm³/mol. The van der Waals surface area contributed by atoms with Crippen LogP contribution in [0.15, 0.2) is 59.9 Å². The van der Waals surface area contributed by atoms with E-state index in [4.69, 9.17) is 5.73 Å². The summed E-state index contributed by atoms with van der Waals surface area (Å²) in [5.74, 6) is 0.593. The number of amides is 1. The number of hydrogen-bond acceptors (Lipinski definition) is 6. The van der Waals surface area contributed by atoms with Gasteiger partial charge >= 0.3 is 0 Å². The van der Waals surface area contributed by atoms with Gasteiger partial charge in [-0.05, 0) is 43.3 Å². The van der Waals surface area contributed by atoms with Crippen LogP contribution in [0.2, 0.25) is 0 Å². The Morgan fingerprint density at radius 3 is 2.54 bits per heavy atom. The molecule has 1 unspecified atom stereocenters. The maximum absolute atomic E-state index is 12.2. The Morgan fingerprint density at radius 2 is 1.93 bits per heavy atom. The topological polar surface area (TPSA) is 102 Å². The summed E-state index contributed by atoms with van der Waals surface area (Å²) in [5.41, 5.74) is 9.40. The van der Waals surface area contributed by atoms with Crippen LogP contribution >= 0.6 is 0 Å². The summed E-state index contributed by atoms with van der Waals surface area (Å²) in [6.45, 7) is 1.81. The van der Waals surface area contributed by atoms with E-state index in [-0.39, 0.29) is 0 Å². The van der Waals surface area contributed by atoms with Crippen molar-refractivity contribution in [3.8, 4) is 11.4 Å². The molecule has 8 heteroatoms. The monoisotopic (exact) mass is 375 g/mol. The standard InChI is InChI=1S/C20H21N7O/c1-12-16(18(21)28)17(15-6-4-5-11-22-15)27-20(23-12)24-19(25-27)13-7-9-14(10-8-13)26(2)3/h4-11,17H,1-3H3,(H2,21,28)(H,23,24,25). The third-order valence-electron chi connectivity index (χ3n) is 4.73. The minimum absolute atomic E-state index is 0.422. The first-order valence-corrected chi connectivity index (χ1v) is 8.88. The quantitative estimate of drug-likeness (QED) is 0.725. The average Bonchev–Trinajstić information content (AvgIpc) is 3.11. The lowest BCUT2D eigenvalue weighted by Gasteiger charge is -2.26. The SMILES string of the molecule is CC1=C(C(N)=O)C(c2ccccn2)n2nc(-c3ccc(N(C)C)cc3)nc2N1. The largest absolute Gasteiger partial charge is 0.378 e. The number of aromatic nitrogens is 4. The van der Waals surface area contributed by atoms with Crippen molar-refractivity contribution < 1.29 is 4.79 Å². The molecule has 4 rings (SSSR count). The normalized spacial score (nSPS) is 15.8. The van der Waals surface area contributed by atoms with Gasteiger partial charge in [0.15, 0.2) is 5.82 Å². The van der Waals surface area contributed by atoms with Crippen LogP contribution in [0.3, 0.4) is 0 Å². The second kappa shape index (κ2) is 6.80. The van der Waals surface area contributed by atoms with E-state index in [0.717, 1.165) is 11.3 Å². The summed E-state index contributed by atoms with van der Waals surface area (Å²) in [5, 5.41) is 7.81. The molecule has 142 valence electrons. The van der Waals surface area contributed by atoms with Crippen LogP contribution in [-0.2, 0) is 4.79 Å². The molecule has 1 aromatic carbocycles. The summed E-state index contributed by atoms with van der Waals surface area (Å²) in [4.78, 5) is 23.2. The molecule has 3 aromatic rings. The van der Waals surface area contributed by atoms with E-state index in [9.17, 15) is 4.79 Å². The molecule has 0 bridgehead atoms. The molecule has 0 radical (unpaired) electrons. The molecule has 1 amide bonds. The molecular weight excluding hydrogens is 354 g/mol. The van der Waals surface area contributed by atoms with Gasteiger partial charge in [0.1, 0.15) is 6.04 Å². The van der Waals surface area contributed by atoms with Crippen LogP contribution in [-0.4, -0.2) is 39.8 Å². The molecule has 1 atom stereocenters. The maximum atomic E-state index is 12.2. The first kappa shape index (κ1) is 17.7. The van der Waals surface area contributed by atoms with Crippen molar-refractivity contribution in [1.82, 2.24) is 19.7 Å². The number of anilines is 2. The van der Waals surface area contributed by atoms with E-state index in [1.54, 1.807) is 17.8 Å². The van der Waals surface area contributed by atoms with Crippen LogP contribution < -0.4 is 16.0 Å². The fourth-order valence-corrected chi connectivity index (χ4v) is 3.31. The van der Waals surface area contributed by atoms with E-state index in [1.165, 1.54) is 0 Å². The van der Waals surface area contributed by atoms with Crippen molar-refractivity contribution in [1.29, 1.82) is 0 Å². The molecule has 1 aliphatic heterocycles. The number of hydrogen-bond donors (Lipinski definition) is 2. The fraction of sp³-hybridized carbons (Fsp3) is 0.200. The van der Waals surface area contributed by atoms with Gasteiger partial charge in [0, 0.05) is 37.2 Å². The number of carbonyl (C=O) groups is 1. The van der Waals surface area contributed by atoms with Crippen molar-refractivity contribution in [3.63, 3.8) is 0 Å². The molecule has 0 saturated carbocycles. The smallest absolute Gasteiger partial charge is 0.248 e. The number of nitrogens with one attached hydrogen (secondary N) is 1. The van der Waals surface area contributed by atoms with Crippen LogP contribution in [0.4, 0.5) is 11.6 Å². The van der Waals surface area contributed by atoms with Crippen molar-refractivity contribution >= 4 is 17.5 Å². The average molecular weight is 375 g/mol. The van der Waals surface area contributed by atoms with Gasteiger partial charge in [0.2, 0.25) is 11.9 Å². The molecular formula is C20H21N7O. The first-order valence-electron chi connectivity index (χ1n) is 8.88. The Hall–Kier alpha value is -3.68. The zero-order valence-corrected chi connectivity index (χ0v) is 15.9. The molecule has 0 saturated heterocycles. The molecule has 3 heterocycles. The van der Waals surface area contributed by atoms with Crippen LogP contribution in [0, 0.1) is 0 Å². The number of pyridine rings is 1. The maximum Gasteiger partial charge on any atom is 0.248 e. The Labute approximate surface area is 162 Å². The van der Waals surface area contributed by atoms with Crippen molar-refractivity contribution in [2.75, 3.05) is 24.3 Å². The number of nitrogens with zero attached hydrogens (tertiary/aromatic N) is 5. The minimum Gasteiger partial charge on any atom is -0.378 e. The lowest BCUT2D eigenvalue weighted by Crippen LogP contribution is -2.32. The Balaban J connectivity index is 1.81. The van der Waals surface area contributed by atoms with Gasteiger partial charge in [-0.25, -0.2) is 4.68 Å². The Kier molecular flexibility index (Phi) is 4.31. The first-order chi connectivity index (χ1) is 13.5.